The molecule has 0 heterocycles. The van der Waals surface area contributed by atoms with Gasteiger partial charge in [0, 0.05) is 14.8 Å². The summed E-state index contributed by atoms with van der Waals surface area (Å²) >= 11 is 1.78. The Balaban J connectivity index is 3.43. The van der Waals surface area contributed by atoms with Gasteiger partial charge in [0.15, 0.2) is 5.78 Å². The SMILES string of the molecule is CC(=O)c1cc(C(F)(F)F)c(N)cc1I. The Morgan fingerprint density at radius 2 is 1.93 bits per heavy atom. The average Bonchev–Trinajstić information content (AvgIpc) is 2.00. The van der Waals surface area contributed by atoms with Gasteiger partial charge >= 0.3 is 6.18 Å². The molecule has 2 N–H and O–H groups in total. The number of rotatable bonds is 1. The van der Waals surface area contributed by atoms with Crippen LogP contribution in [0.2, 0.25) is 0 Å². The molecule has 0 amide bonds. The maximum Gasteiger partial charge on any atom is 0.418 e. The molecule has 0 saturated heterocycles. The third kappa shape index (κ3) is 2.61. The van der Waals surface area contributed by atoms with Gasteiger partial charge in [-0.3, -0.25) is 4.79 Å². The van der Waals surface area contributed by atoms with E-state index in [1.165, 1.54) is 6.92 Å². The number of hydrogen-bond acceptors (Lipinski definition) is 2. The first-order valence-electron chi connectivity index (χ1n) is 3.90. The zero-order chi connectivity index (χ0) is 11.8. The van der Waals surface area contributed by atoms with Crippen LogP contribution in [0.4, 0.5) is 18.9 Å². The van der Waals surface area contributed by atoms with Gasteiger partial charge in [-0.2, -0.15) is 13.2 Å². The fourth-order valence-corrected chi connectivity index (χ4v) is 1.97. The van der Waals surface area contributed by atoms with Gasteiger partial charge in [0.05, 0.1) is 5.56 Å². The summed E-state index contributed by atoms with van der Waals surface area (Å²) in [6.07, 6.45) is -4.53. The highest BCUT2D eigenvalue weighted by molar-refractivity contribution is 14.1. The number of nitrogens with two attached hydrogens (primary N) is 1. The molecule has 0 aliphatic carbocycles. The number of benzene rings is 1. The van der Waals surface area contributed by atoms with Crippen molar-refractivity contribution < 1.29 is 18.0 Å². The van der Waals surface area contributed by atoms with Crippen molar-refractivity contribution in [3.63, 3.8) is 0 Å². The largest absolute Gasteiger partial charge is 0.418 e. The molecule has 1 rings (SSSR count). The lowest BCUT2D eigenvalue weighted by Crippen LogP contribution is -2.11. The number of hydrogen-bond donors (Lipinski definition) is 1. The molecule has 0 spiro atoms. The summed E-state index contributed by atoms with van der Waals surface area (Å²) in [6.45, 7) is 1.22. The highest BCUT2D eigenvalue weighted by atomic mass is 127. The maximum atomic E-state index is 12.4. The third-order valence-corrected chi connectivity index (χ3v) is 2.72. The molecule has 0 unspecified atom stereocenters. The molecule has 0 aliphatic rings. The molecule has 1 aromatic rings. The second-order valence-electron chi connectivity index (χ2n) is 2.97. The van der Waals surface area contributed by atoms with Gasteiger partial charge in [0.25, 0.3) is 0 Å². The van der Waals surface area contributed by atoms with Gasteiger partial charge in [0.2, 0.25) is 0 Å². The van der Waals surface area contributed by atoms with Crippen LogP contribution >= 0.6 is 22.6 Å². The lowest BCUT2D eigenvalue weighted by molar-refractivity contribution is -0.136. The van der Waals surface area contributed by atoms with Crippen LogP contribution in [0.5, 0.6) is 0 Å². The summed E-state index contributed by atoms with van der Waals surface area (Å²) in [5, 5.41) is 0. The van der Waals surface area contributed by atoms with Crippen LogP contribution in [0.15, 0.2) is 12.1 Å². The Morgan fingerprint density at radius 1 is 1.40 bits per heavy atom. The number of carbonyl (C=O) groups is 1. The average molecular weight is 329 g/mol. The number of alkyl halides is 3. The summed E-state index contributed by atoms with van der Waals surface area (Å²) in [4.78, 5) is 11.0. The quantitative estimate of drug-likeness (QED) is 0.489. The second-order valence-corrected chi connectivity index (χ2v) is 4.14. The lowest BCUT2D eigenvalue weighted by Gasteiger charge is -2.12. The fraction of sp³-hybridized carbons (Fsp3) is 0.222. The van der Waals surface area contributed by atoms with Crippen LogP contribution in [0.25, 0.3) is 0 Å². The third-order valence-electron chi connectivity index (χ3n) is 1.82. The van der Waals surface area contributed by atoms with E-state index in [0.29, 0.717) is 3.57 Å². The summed E-state index contributed by atoms with van der Waals surface area (Å²) < 4.78 is 37.7. The molecule has 0 saturated carbocycles. The van der Waals surface area contributed by atoms with E-state index < -0.39 is 17.5 Å². The van der Waals surface area contributed by atoms with Crippen molar-refractivity contribution in [2.24, 2.45) is 0 Å². The number of nitrogen functional groups attached to an aromatic ring is 1. The first kappa shape index (κ1) is 12.3. The molecule has 0 bridgehead atoms. The molecule has 0 fully saturated rings. The minimum Gasteiger partial charge on any atom is -0.398 e. The number of Topliss-reactive ketones (excluding diaryl/α,β-unsaturated/α-hetero) is 1. The Bertz CT molecular complexity index is 415. The van der Waals surface area contributed by atoms with Gasteiger partial charge in [-0.1, -0.05) is 0 Å². The monoisotopic (exact) mass is 329 g/mol. The Hall–Kier alpha value is -0.790. The summed E-state index contributed by atoms with van der Waals surface area (Å²) in [5.41, 5.74) is 3.95. The van der Waals surface area contributed by atoms with Crippen LogP contribution in [0.1, 0.15) is 22.8 Å². The number of carbonyl (C=O) groups excluding carboxylic acids is 1. The summed E-state index contributed by atoms with van der Waals surface area (Å²) in [7, 11) is 0. The van der Waals surface area contributed by atoms with Gasteiger partial charge in [0.1, 0.15) is 0 Å². The molecule has 0 aromatic heterocycles. The van der Waals surface area contributed by atoms with Crippen LogP contribution in [-0.2, 0) is 6.18 Å². The van der Waals surface area contributed by atoms with Crippen molar-refractivity contribution in [3.05, 3.63) is 26.8 Å². The van der Waals surface area contributed by atoms with E-state index in [2.05, 4.69) is 0 Å². The standard InChI is InChI=1S/C9H7F3INO/c1-4(15)5-2-6(9(10,11)12)8(14)3-7(5)13/h2-3H,14H2,1H3. The molecule has 2 nitrogen and oxygen atoms in total. The highest BCUT2D eigenvalue weighted by Crippen LogP contribution is 2.35. The fourth-order valence-electron chi connectivity index (χ4n) is 1.10. The second kappa shape index (κ2) is 3.99. The van der Waals surface area contributed by atoms with Crippen LogP contribution in [-0.4, -0.2) is 5.78 Å². The zero-order valence-corrected chi connectivity index (χ0v) is 9.81. The van der Waals surface area contributed by atoms with Crippen molar-refractivity contribution in [1.82, 2.24) is 0 Å². The Kier molecular flexibility index (Phi) is 3.27. The van der Waals surface area contributed by atoms with Gasteiger partial charge in [-0.15, -0.1) is 0 Å². The van der Waals surface area contributed by atoms with E-state index in [9.17, 15) is 18.0 Å². The predicted molar refractivity (Wildman–Crippen MR) is 58.6 cm³/mol. The normalized spacial score (nSPS) is 11.5. The molecule has 6 heteroatoms. The van der Waals surface area contributed by atoms with Crippen molar-refractivity contribution in [3.8, 4) is 0 Å². The highest BCUT2D eigenvalue weighted by Gasteiger charge is 2.34. The van der Waals surface area contributed by atoms with Gasteiger partial charge in [-0.25, -0.2) is 0 Å². The van der Waals surface area contributed by atoms with Gasteiger partial charge in [-0.05, 0) is 41.6 Å². The first-order valence-corrected chi connectivity index (χ1v) is 4.98. The van der Waals surface area contributed by atoms with Crippen LogP contribution in [0.3, 0.4) is 0 Å². The molecule has 0 atom stereocenters. The van der Waals surface area contributed by atoms with E-state index in [1.807, 2.05) is 0 Å². The smallest absolute Gasteiger partial charge is 0.398 e. The molecule has 0 radical (unpaired) electrons. The number of ketones is 1. The summed E-state index contributed by atoms with van der Waals surface area (Å²) in [5.74, 6) is -0.412. The lowest BCUT2D eigenvalue weighted by atomic mass is 10.1. The van der Waals surface area contributed by atoms with Crippen molar-refractivity contribution in [2.45, 2.75) is 13.1 Å². The molecule has 82 valence electrons. The minimum absolute atomic E-state index is 0.0390. The number of anilines is 1. The van der Waals surface area contributed by atoms with Crippen LogP contribution in [0, 0.1) is 3.57 Å². The molecular formula is C9H7F3INO. The van der Waals surface area contributed by atoms with Crippen molar-refractivity contribution in [2.75, 3.05) is 5.73 Å². The number of halogens is 4. The van der Waals surface area contributed by atoms with E-state index in [1.54, 1.807) is 22.6 Å². The Labute approximate surface area is 97.8 Å². The van der Waals surface area contributed by atoms with E-state index in [4.69, 9.17) is 5.73 Å². The van der Waals surface area contributed by atoms with E-state index in [-0.39, 0.29) is 11.3 Å². The molecule has 0 aliphatic heterocycles. The van der Waals surface area contributed by atoms with Crippen molar-refractivity contribution >= 4 is 34.1 Å². The van der Waals surface area contributed by atoms with Crippen molar-refractivity contribution in [1.29, 1.82) is 0 Å². The van der Waals surface area contributed by atoms with E-state index in [0.717, 1.165) is 12.1 Å². The Morgan fingerprint density at radius 3 is 2.33 bits per heavy atom. The molecular weight excluding hydrogens is 322 g/mol. The maximum absolute atomic E-state index is 12.4. The van der Waals surface area contributed by atoms with Gasteiger partial charge < -0.3 is 5.73 Å². The zero-order valence-electron chi connectivity index (χ0n) is 7.65. The molecule has 1 aromatic carbocycles. The topological polar surface area (TPSA) is 43.1 Å². The molecule has 15 heavy (non-hydrogen) atoms. The first-order chi connectivity index (χ1) is 6.73. The predicted octanol–water partition coefficient (Wildman–Crippen LogP) is 3.09. The van der Waals surface area contributed by atoms with E-state index >= 15 is 0 Å². The minimum atomic E-state index is -4.53. The summed E-state index contributed by atoms with van der Waals surface area (Å²) in [6, 6.07) is 1.94. The van der Waals surface area contributed by atoms with Crippen LogP contribution < -0.4 is 5.73 Å².